The number of hydrogen-bond acceptors (Lipinski definition) is 5. The number of nitrogens with zero attached hydrogens (tertiary/aromatic N) is 1. The molecular formula is C16H16IN3O3. The van der Waals surface area contributed by atoms with Crippen molar-refractivity contribution in [3.05, 3.63) is 57.4 Å². The van der Waals surface area contributed by atoms with Crippen LogP contribution in [-0.4, -0.2) is 18.0 Å². The van der Waals surface area contributed by atoms with Gasteiger partial charge in [0.2, 0.25) is 0 Å². The third kappa shape index (κ3) is 4.93. The topological polar surface area (TPSA) is 86.5 Å². The number of ether oxygens (including phenoxy) is 2. The van der Waals surface area contributed by atoms with Crippen molar-refractivity contribution in [1.82, 2.24) is 10.4 Å². The molecular weight excluding hydrogens is 409 g/mol. The summed E-state index contributed by atoms with van der Waals surface area (Å²) in [4.78, 5) is 15.2. The smallest absolute Gasteiger partial charge is 0.257 e. The van der Waals surface area contributed by atoms with Gasteiger partial charge in [-0.3, -0.25) is 15.2 Å². The zero-order valence-corrected chi connectivity index (χ0v) is 14.6. The van der Waals surface area contributed by atoms with Gasteiger partial charge in [0.25, 0.3) is 5.91 Å². The van der Waals surface area contributed by atoms with E-state index in [1.54, 1.807) is 31.6 Å². The summed E-state index contributed by atoms with van der Waals surface area (Å²) >= 11 is 2.16. The highest BCUT2D eigenvalue weighted by Crippen LogP contribution is 2.34. The minimum absolute atomic E-state index is 0.379. The summed E-state index contributed by atoms with van der Waals surface area (Å²) in [6.45, 7) is 0.394. The highest BCUT2D eigenvalue weighted by Gasteiger charge is 2.11. The molecule has 1 aromatic carbocycles. The van der Waals surface area contributed by atoms with Crippen LogP contribution in [0.4, 0.5) is 0 Å². The first-order valence-electron chi connectivity index (χ1n) is 6.72. The summed E-state index contributed by atoms with van der Waals surface area (Å²) < 4.78 is 12.1. The average molecular weight is 425 g/mol. The maximum absolute atomic E-state index is 11.2. The van der Waals surface area contributed by atoms with E-state index in [9.17, 15) is 4.79 Å². The fourth-order valence-corrected chi connectivity index (χ4v) is 2.62. The van der Waals surface area contributed by atoms with Crippen LogP contribution in [0.2, 0.25) is 0 Å². The normalized spacial score (nSPS) is 10.6. The van der Waals surface area contributed by atoms with E-state index in [1.165, 1.54) is 6.08 Å². The van der Waals surface area contributed by atoms with Crippen LogP contribution in [0.5, 0.6) is 11.5 Å². The molecule has 0 fully saturated rings. The van der Waals surface area contributed by atoms with Crippen molar-refractivity contribution < 1.29 is 14.3 Å². The Morgan fingerprint density at radius 1 is 1.48 bits per heavy atom. The number of halogens is 1. The van der Waals surface area contributed by atoms with Gasteiger partial charge in [-0.25, -0.2) is 5.84 Å². The van der Waals surface area contributed by atoms with Crippen molar-refractivity contribution in [3.63, 3.8) is 0 Å². The number of aromatic nitrogens is 1. The Morgan fingerprint density at radius 2 is 2.30 bits per heavy atom. The quantitative estimate of drug-likeness (QED) is 0.244. The molecule has 1 heterocycles. The number of nitrogens with two attached hydrogens (primary N) is 1. The Bertz CT molecular complexity index is 705. The molecule has 0 radical (unpaired) electrons. The number of nitrogens with one attached hydrogen (secondary N) is 1. The Balaban J connectivity index is 2.19. The highest BCUT2D eigenvalue weighted by atomic mass is 127. The summed E-state index contributed by atoms with van der Waals surface area (Å²) in [6.07, 6.45) is 6.47. The zero-order valence-electron chi connectivity index (χ0n) is 12.5. The molecule has 0 saturated heterocycles. The van der Waals surface area contributed by atoms with Crippen LogP contribution in [0, 0.1) is 3.57 Å². The molecule has 0 atom stereocenters. The molecule has 2 aromatic rings. The number of methoxy groups -OCH3 is 1. The minimum Gasteiger partial charge on any atom is -0.493 e. The van der Waals surface area contributed by atoms with E-state index in [2.05, 4.69) is 27.6 Å². The maximum Gasteiger partial charge on any atom is 0.257 e. The van der Waals surface area contributed by atoms with Gasteiger partial charge in [0, 0.05) is 24.0 Å². The van der Waals surface area contributed by atoms with Gasteiger partial charge in [-0.05, 0) is 52.4 Å². The van der Waals surface area contributed by atoms with Gasteiger partial charge in [-0.2, -0.15) is 0 Å². The summed E-state index contributed by atoms with van der Waals surface area (Å²) in [5.74, 6) is 5.90. The number of carbonyl (C=O) groups is 1. The van der Waals surface area contributed by atoms with Crippen LogP contribution in [0.3, 0.4) is 0 Å². The first-order chi connectivity index (χ1) is 11.1. The third-order valence-corrected chi connectivity index (χ3v) is 3.73. The molecule has 1 amide bonds. The summed E-state index contributed by atoms with van der Waals surface area (Å²) in [5.41, 5.74) is 3.81. The molecule has 7 heteroatoms. The van der Waals surface area contributed by atoms with Crippen molar-refractivity contribution in [2.75, 3.05) is 7.11 Å². The van der Waals surface area contributed by atoms with Gasteiger partial charge in [0.05, 0.1) is 10.7 Å². The SMILES string of the molecule is COc1cc(/C=C/C(=O)NN)cc(I)c1OCc1cccnc1. The lowest BCUT2D eigenvalue weighted by Crippen LogP contribution is -2.27. The lowest BCUT2D eigenvalue weighted by molar-refractivity contribution is -0.116. The van der Waals surface area contributed by atoms with Crippen molar-refractivity contribution in [1.29, 1.82) is 0 Å². The molecule has 3 N–H and O–H groups in total. The monoisotopic (exact) mass is 425 g/mol. The van der Waals surface area contributed by atoms with E-state index in [1.807, 2.05) is 23.6 Å². The van der Waals surface area contributed by atoms with E-state index in [0.29, 0.717) is 18.1 Å². The summed E-state index contributed by atoms with van der Waals surface area (Å²) in [7, 11) is 1.57. The van der Waals surface area contributed by atoms with Crippen molar-refractivity contribution in [2.45, 2.75) is 6.61 Å². The van der Waals surface area contributed by atoms with Crippen LogP contribution in [-0.2, 0) is 11.4 Å². The molecule has 0 saturated carbocycles. The second-order valence-electron chi connectivity index (χ2n) is 4.53. The number of hydrogen-bond donors (Lipinski definition) is 2. The fraction of sp³-hybridized carbons (Fsp3) is 0.125. The van der Waals surface area contributed by atoms with Crippen molar-refractivity contribution in [3.8, 4) is 11.5 Å². The Hall–Kier alpha value is -2.13. The van der Waals surface area contributed by atoms with Gasteiger partial charge < -0.3 is 9.47 Å². The number of benzene rings is 1. The zero-order chi connectivity index (χ0) is 16.7. The van der Waals surface area contributed by atoms with Gasteiger partial charge in [-0.15, -0.1) is 0 Å². The van der Waals surface area contributed by atoms with Gasteiger partial charge in [0.1, 0.15) is 6.61 Å². The lowest BCUT2D eigenvalue weighted by Gasteiger charge is -2.13. The van der Waals surface area contributed by atoms with E-state index >= 15 is 0 Å². The second kappa shape index (κ2) is 8.49. The minimum atomic E-state index is -0.379. The Kier molecular flexibility index (Phi) is 6.36. The molecule has 0 aliphatic heterocycles. The molecule has 1 aromatic heterocycles. The molecule has 2 rings (SSSR count). The molecule has 120 valence electrons. The predicted octanol–water partition coefficient (Wildman–Crippen LogP) is 2.28. The van der Waals surface area contributed by atoms with E-state index in [0.717, 1.165) is 14.7 Å². The molecule has 0 spiro atoms. The molecule has 23 heavy (non-hydrogen) atoms. The number of carbonyl (C=O) groups excluding carboxylic acids is 1. The standard InChI is InChI=1S/C16H16IN3O3/c1-22-14-8-11(4-5-15(21)20-18)7-13(17)16(14)23-10-12-3-2-6-19-9-12/h2-9H,10,18H2,1H3,(H,20,21)/b5-4+. The van der Waals surface area contributed by atoms with Crippen LogP contribution in [0.15, 0.2) is 42.7 Å². The number of rotatable bonds is 6. The molecule has 6 nitrogen and oxygen atoms in total. The van der Waals surface area contributed by atoms with Crippen molar-refractivity contribution in [2.24, 2.45) is 5.84 Å². The Labute approximate surface area is 147 Å². The van der Waals surface area contributed by atoms with Crippen LogP contribution >= 0.6 is 22.6 Å². The largest absolute Gasteiger partial charge is 0.493 e. The van der Waals surface area contributed by atoms with Gasteiger partial charge >= 0.3 is 0 Å². The first kappa shape index (κ1) is 17.2. The van der Waals surface area contributed by atoms with Crippen molar-refractivity contribution >= 4 is 34.6 Å². The van der Waals surface area contributed by atoms with Crippen LogP contribution in [0.1, 0.15) is 11.1 Å². The number of amides is 1. The average Bonchev–Trinajstić information content (AvgIpc) is 2.59. The predicted molar refractivity (Wildman–Crippen MR) is 95.6 cm³/mol. The number of pyridine rings is 1. The number of hydrazine groups is 1. The fourth-order valence-electron chi connectivity index (χ4n) is 1.84. The summed E-state index contributed by atoms with van der Waals surface area (Å²) in [6, 6.07) is 7.48. The first-order valence-corrected chi connectivity index (χ1v) is 7.80. The molecule has 0 aliphatic carbocycles. The van der Waals surface area contributed by atoms with E-state index in [-0.39, 0.29) is 5.91 Å². The van der Waals surface area contributed by atoms with Gasteiger partial charge in [0.15, 0.2) is 11.5 Å². The third-order valence-electron chi connectivity index (χ3n) is 2.93. The lowest BCUT2D eigenvalue weighted by atomic mass is 10.2. The highest BCUT2D eigenvalue weighted by molar-refractivity contribution is 14.1. The van der Waals surface area contributed by atoms with E-state index in [4.69, 9.17) is 15.3 Å². The second-order valence-corrected chi connectivity index (χ2v) is 5.69. The molecule has 0 aliphatic rings. The molecule has 0 bridgehead atoms. The molecule has 0 unspecified atom stereocenters. The van der Waals surface area contributed by atoms with Gasteiger partial charge in [-0.1, -0.05) is 6.07 Å². The maximum atomic E-state index is 11.2. The summed E-state index contributed by atoms with van der Waals surface area (Å²) in [5, 5.41) is 0. The van der Waals surface area contributed by atoms with Crippen LogP contribution < -0.4 is 20.7 Å². The Morgan fingerprint density at radius 3 is 2.96 bits per heavy atom. The van der Waals surface area contributed by atoms with Crippen LogP contribution in [0.25, 0.3) is 6.08 Å². The van der Waals surface area contributed by atoms with E-state index < -0.39 is 0 Å².